The van der Waals surface area contributed by atoms with Gasteiger partial charge in [-0.15, -0.1) is 24.8 Å². The third kappa shape index (κ3) is 5.76. The number of nitrogens with zero attached hydrogens (tertiary/aromatic N) is 3. The minimum Gasteiger partial charge on any atom is -0.354 e. The molecule has 33 heavy (non-hydrogen) atoms. The molecule has 2 fully saturated rings. The topological polar surface area (TPSA) is 67.1 Å². The molecule has 8 heteroatoms. The molecule has 182 valence electrons. The van der Waals surface area contributed by atoms with Crippen molar-refractivity contribution < 1.29 is 0 Å². The largest absolute Gasteiger partial charge is 0.354 e. The second-order valence-corrected chi connectivity index (χ2v) is 10.3. The number of benzene rings is 1. The zero-order valence-corrected chi connectivity index (χ0v) is 21.7. The van der Waals surface area contributed by atoms with Gasteiger partial charge in [-0.25, -0.2) is 9.97 Å². The molecule has 0 radical (unpaired) electrons. The summed E-state index contributed by atoms with van der Waals surface area (Å²) in [7, 11) is 0. The number of nitrogens with one attached hydrogen (secondary N) is 1. The van der Waals surface area contributed by atoms with Gasteiger partial charge in [-0.2, -0.15) is 0 Å². The summed E-state index contributed by atoms with van der Waals surface area (Å²) in [6.45, 7) is 5.91. The molecule has 2 heterocycles. The van der Waals surface area contributed by atoms with E-state index in [2.05, 4.69) is 35.3 Å². The molecule has 1 aromatic heterocycles. The van der Waals surface area contributed by atoms with E-state index >= 15 is 0 Å². The molecule has 0 bridgehead atoms. The molecule has 5 rings (SSSR count). The van der Waals surface area contributed by atoms with Crippen LogP contribution in [0.4, 0.5) is 5.95 Å². The van der Waals surface area contributed by atoms with Crippen molar-refractivity contribution in [2.24, 2.45) is 11.7 Å². The highest BCUT2D eigenvalue weighted by Crippen LogP contribution is 2.41. The van der Waals surface area contributed by atoms with Crippen LogP contribution in [-0.2, 0) is 18.4 Å². The highest BCUT2D eigenvalue weighted by atomic mass is 35.5. The quantitative estimate of drug-likeness (QED) is 0.550. The van der Waals surface area contributed by atoms with Crippen molar-refractivity contribution >= 4 is 42.4 Å². The number of anilines is 1. The van der Waals surface area contributed by atoms with E-state index < -0.39 is 0 Å². The van der Waals surface area contributed by atoms with Crippen LogP contribution in [0, 0.1) is 12.8 Å². The van der Waals surface area contributed by atoms with Crippen molar-refractivity contribution in [3.05, 3.63) is 51.8 Å². The van der Waals surface area contributed by atoms with Crippen LogP contribution in [0.2, 0.25) is 5.02 Å². The Kier molecular flexibility index (Phi) is 8.90. The van der Waals surface area contributed by atoms with Gasteiger partial charge in [-0.1, -0.05) is 23.7 Å². The number of aryl methyl sites for hydroxylation is 1. The van der Waals surface area contributed by atoms with Crippen LogP contribution < -0.4 is 11.1 Å². The van der Waals surface area contributed by atoms with Gasteiger partial charge < -0.3 is 11.1 Å². The van der Waals surface area contributed by atoms with Gasteiger partial charge in [0, 0.05) is 60.3 Å². The summed E-state index contributed by atoms with van der Waals surface area (Å²) in [6.07, 6.45) is 8.31. The minimum absolute atomic E-state index is 0. The van der Waals surface area contributed by atoms with Gasteiger partial charge in [-0.05, 0) is 69.1 Å². The number of fused-ring (bicyclic) bond motifs is 1. The second-order valence-electron chi connectivity index (χ2n) is 9.83. The van der Waals surface area contributed by atoms with Crippen molar-refractivity contribution in [3.8, 4) is 0 Å². The fraction of sp³-hybridized carbons (Fsp3) is 0.600. The second kappa shape index (κ2) is 11.1. The first-order chi connectivity index (χ1) is 15.1. The van der Waals surface area contributed by atoms with Crippen LogP contribution in [0.5, 0.6) is 0 Å². The Morgan fingerprint density at radius 1 is 1.15 bits per heavy atom. The predicted octanol–water partition coefficient (Wildman–Crippen LogP) is 5.30. The first-order valence-corrected chi connectivity index (χ1v) is 12.2. The molecule has 3 aliphatic rings. The third-order valence-electron chi connectivity index (χ3n) is 7.80. The lowest BCUT2D eigenvalue weighted by atomic mass is 9.68. The van der Waals surface area contributed by atoms with Gasteiger partial charge in [0.1, 0.15) is 0 Å². The zero-order chi connectivity index (χ0) is 21.4. The first-order valence-electron chi connectivity index (χ1n) is 11.9. The van der Waals surface area contributed by atoms with E-state index in [4.69, 9.17) is 27.3 Å². The molecule has 0 atom stereocenters. The molecule has 2 aromatic rings. The van der Waals surface area contributed by atoms with Gasteiger partial charge in [0.05, 0.1) is 5.69 Å². The maximum atomic E-state index is 6.31. The average Bonchev–Trinajstić information content (AvgIpc) is 3.62. The van der Waals surface area contributed by atoms with Crippen LogP contribution in [0.3, 0.4) is 0 Å². The van der Waals surface area contributed by atoms with E-state index in [1.165, 1.54) is 42.5 Å². The Labute approximate surface area is 215 Å². The van der Waals surface area contributed by atoms with Gasteiger partial charge >= 0.3 is 0 Å². The molecular formula is C25H36Cl3N5. The van der Waals surface area contributed by atoms with E-state index in [-0.39, 0.29) is 30.2 Å². The molecule has 3 N–H and O–H groups in total. The number of halogens is 3. The summed E-state index contributed by atoms with van der Waals surface area (Å²) in [4.78, 5) is 12.3. The summed E-state index contributed by atoms with van der Waals surface area (Å²) in [5.41, 5.74) is 11.4. The van der Waals surface area contributed by atoms with Crippen LogP contribution in [0.1, 0.15) is 61.0 Å². The number of hydrogen-bond acceptors (Lipinski definition) is 5. The van der Waals surface area contributed by atoms with Crippen molar-refractivity contribution in [2.45, 2.75) is 69.9 Å². The van der Waals surface area contributed by atoms with Crippen molar-refractivity contribution in [3.63, 3.8) is 0 Å². The van der Waals surface area contributed by atoms with Gasteiger partial charge in [-0.3, -0.25) is 4.90 Å². The standard InChI is InChI=1S/C25H34ClN5.2ClH/c1-17-22-15-31(12-9-23(22)30-24(29-17)28-14-18-5-6-18)21-7-10-25(16-27,11-8-21)19-3-2-4-20(26)13-19;;/h2-4,13,18,21H,5-12,14-16,27H2,1H3,(H,28,29,30);2*1H/t21-,25+;;. The molecule has 0 saturated heterocycles. The molecule has 1 aliphatic heterocycles. The molecule has 2 saturated carbocycles. The lowest BCUT2D eigenvalue weighted by molar-refractivity contribution is 0.112. The normalized spacial score (nSPS) is 24.9. The smallest absolute Gasteiger partial charge is 0.223 e. The van der Waals surface area contributed by atoms with E-state index in [9.17, 15) is 0 Å². The van der Waals surface area contributed by atoms with E-state index in [1.807, 2.05) is 6.07 Å². The Morgan fingerprint density at radius 2 is 1.91 bits per heavy atom. The van der Waals surface area contributed by atoms with Crippen molar-refractivity contribution in [1.29, 1.82) is 0 Å². The molecular weight excluding hydrogens is 477 g/mol. The monoisotopic (exact) mass is 511 g/mol. The first kappa shape index (κ1) is 26.5. The van der Waals surface area contributed by atoms with Crippen LogP contribution in [0.15, 0.2) is 24.3 Å². The minimum atomic E-state index is 0. The Hall–Kier alpha value is -1.11. The molecule has 2 aliphatic carbocycles. The number of hydrogen-bond donors (Lipinski definition) is 2. The summed E-state index contributed by atoms with van der Waals surface area (Å²) in [5.74, 6) is 1.65. The highest BCUT2D eigenvalue weighted by molar-refractivity contribution is 6.30. The van der Waals surface area contributed by atoms with E-state index in [0.29, 0.717) is 12.6 Å². The van der Waals surface area contributed by atoms with Gasteiger partial charge in [0.2, 0.25) is 5.95 Å². The third-order valence-corrected chi connectivity index (χ3v) is 8.03. The van der Waals surface area contributed by atoms with E-state index in [1.54, 1.807) is 0 Å². The Morgan fingerprint density at radius 3 is 2.58 bits per heavy atom. The van der Waals surface area contributed by atoms with Crippen LogP contribution in [-0.4, -0.2) is 40.5 Å². The number of nitrogens with two attached hydrogens (primary N) is 1. The Balaban J connectivity index is 0.00000153. The highest BCUT2D eigenvalue weighted by Gasteiger charge is 2.38. The fourth-order valence-corrected chi connectivity index (χ4v) is 5.69. The lowest BCUT2D eigenvalue weighted by Gasteiger charge is -2.44. The SMILES string of the molecule is Cc1nc(NCC2CC2)nc2c1CN([C@H]1CC[C@@](CN)(c3cccc(Cl)c3)CC1)CC2.Cl.Cl. The van der Waals surface area contributed by atoms with Gasteiger partial charge in [0.25, 0.3) is 0 Å². The maximum Gasteiger partial charge on any atom is 0.223 e. The van der Waals surface area contributed by atoms with Crippen molar-refractivity contribution in [2.75, 3.05) is 25.0 Å². The molecule has 1 aromatic carbocycles. The summed E-state index contributed by atoms with van der Waals surface area (Å²) < 4.78 is 0. The van der Waals surface area contributed by atoms with Crippen molar-refractivity contribution in [1.82, 2.24) is 14.9 Å². The van der Waals surface area contributed by atoms with E-state index in [0.717, 1.165) is 61.5 Å². The van der Waals surface area contributed by atoms with Crippen LogP contribution >= 0.6 is 36.4 Å². The maximum absolute atomic E-state index is 6.31. The fourth-order valence-electron chi connectivity index (χ4n) is 5.50. The lowest BCUT2D eigenvalue weighted by Crippen LogP contribution is -2.47. The summed E-state index contributed by atoms with van der Waals surface area (Å²) in [6, 6.07) is 8.93. The summed E-state index contributed by atoms with van der Waals surface area (Å²) >= 11 is 6.28. The van der Waals surface area contributed by atoms with Gasteiger partial charge in [0.15, 0.2) is 0 Å². The molecule has 0 unspecified atom stereocenters. The van der Waals surface area contributed by atoms with Crippen LogP contribution in [0.25, 0.3) is 0 Å². The average molecular weight is 513 g/mol. The molecule has 5 nitrogen and oxygen atoms in total. The number of aromatic nitrogens is 2. The Bertz CT molecular complexity index is 942. The predicted molar refractivity (Wildman–Crippen MR) is 141 cm³/mol. The number of rotatable bonds is 6. The molecule has 0 amide bonds. The zero-order valence-electron chi connectivity index (χ0n) is 19.4. The molecule has 0 spiro atoms. The summed E-state index contributed by atoms with van der Waals surface area (Å²) in [5, 5.41) is 4.26.